The quantitative estimate of drug-likeness (QED) is 0.429. The summed E-state index contributed by atoms with van der Waals surface area (Å²) in [6.45, 7) is 6.89. The van der Waals surface area contributed by atoms with E-state index >= 15 is 0 Å². The Bertz CT molecular complexity index is 225. The van der Waals surface area contributed by atoms with Gasteiger partial charge in [0, 0.05) is 23.0 Å². The molecule has 5 heteroatoms. The Morgan fingerprint density at radius 2 is 2.27 bits per heavy atom. The van der Waals surface area contributed by atoms with Crippen LogP contribution in [0, 0.1) is 5.92 Å². The Hall–Kier alpha value is -0.260. The van der Waals surface area contributed by atoms with Crippen molar-refractivity contribution in [1.29, 1.82) is 0 Å². The maximum atomic E-state index is 11.3. The summed E-state index contributed by atoms with van der Waals surface area (Å²) in [6.07, 6.45) is 1.37. The van der Waals surface area contributed by atoms with Gasteiger partial charge < -0.3 is 4.74 Å². The molecule has 0 spiro atoms. The van der Waals surface area contributed by atoms with E-state index in [9.17, 15) is 4.79 Å². The fraction of sp³-hybridized carbons (Fsp3) is 0.900. The van der Waals surface area contributed by atoms with Crippen molar-refractivity contribution in [2.75, 3.05) is 6.61 Å². The van der Waals surface area contributed by atoms with Crippen LogP contribution in [0.15, 0.2) is 0 Å². The summed E-state index contributed by atoms with van der Waals surface area (Å²) in [5.74, 6) is 4.95. The van der Waals surface area contributed by atoms with Crippen molar-refractivity contribution in [1.82, 2.24) is 5.43 Å². The molecule has 1 saturated heterocycles. The van der Waals surface area contributed by atoms with Crippen LogP contribution in [-0.4, -0.2) is 29.1 Å². The van der Waals surface area contributed by atoms with E-state index in [0.29, 0.717) is 11.4 Å². The Labute approximate surface area is 95.3 Å². The highest BCUT2D eigenvalue weighted by Gasteiger charge is 2.29. The predicted octanol–water partition coefficient (Wildman–Crippen LogP) is 0.912. The number of hydrogen-bond acceptors (Lipinski definition) is 4. The molecule has 0 aromatic heterocycles. The van der Waals surface area contributed by atoms with Crippen LogP contribution in [0.1, 0.15) is 27.2 Å². The molecule has 1 fully saturated rings. The Kier molecular flexibility index (Phi) is 4.89. The minimum Gasteiger partial charge on any atom is -0.377 e. The molecule has 0 saturated carbocycles. The molecule has 4 unspecified atom stereocenters. The normalized spacial score (nSPS) is 29.9. The van der Waals surface area contributed by atoms with Gasteiger partial charge in [0.15, 0.2) is 0 Å². The zero-order valence-electron chi connectivity index (χ0n) is 9.53. The van der Waals surface area contributed by atoms with E-state index in [0.717, 1.165) is 13.0 Å². The first-order valence-corrected chi connectivity index (χ1v) is 6.28. The van der Waals surface area contributed by atoms with Crippen molar-refractivity contribution >= 4 is 17.7 Å². The van der Waals surface area contributed by atoms with Crippen LogP contribution in [-0.2, 0) is 9.53 Å². The SMILES string of the molecule is CC1OCCC1SC(C)C(C)C(=O)NN. The lowest BCUT2D eigenvalue weighted by Crippen LogP contribution is -2.38. The molecule has 1 aliphatic heterocycles. The molecule has 15 heavy (non-hydrogen) atoms. The number of rotatable bonds is 4. The van der Waals surface area contributed by atoms with Crippen LogP contribution >= 0.6 is 11.8 Å². The molecule has 1 aliphatic rings. The number of nitrogens with one attached hydrogen (secondary N) is 1. The standard InChI is InChI=1S/C10H20N2O2S/c1-6(10(13)12-11)8(3)15-9-4-5-14-7(9)2/h6-9H,4-5,11H2,1-3H3,(H,12,13). The lowest BCUT2D eigenvalue weighted by atomic mass is 10.1. The van der Waals surface area contributed by atoms with Gasteiger partial charge >= 0.3 is 0 Å². The van der Waals surface area contributed by atoms with Gasteiger partial charge in [0.05, 0.1) is 6.10 Å². The topological polar surface area (TPSA) is 64.3 Å². The third kappa shape index (κ3) is 3.36. The summed E-state index contributed by atoms with van der Waals surface area (Å²) in [5, 5.41) is 0.774. The number of thioether (sulfide) groups is 1. The number of amides is 1. The first kappa shape index (κ1) is 12.8. The van der Waals surface area contributed by atoms with Crippen molar-refractivity contribution in [3.05, 3.63) is 0 Å². The van der Waals surface area contributed by atoms with Gasteiger partial charge in [-0.05, 0) is 13.3 Å². The zero-order valence-corrected chi connectivity index (χ0v) is 10.3. The van der Waals surface area contributed by atoms with Crippen LogP contribution in [0.5, 0.6) is 0 Å². The maximum Gasteiger partial charge on any atom is 0.237 e. The smallest absolute Gasteiger partial charge is 0.237 e. The van der Waals surface area contributed by atoms with Crippen molar-refractivity contribution in [3.8, 4) is 0 Å². The molecular weight excluding hydrogens is 212 g/mol. The van der Waals surface area contributed by atoms with Crippen LogP contribution in [0.2, 0.25) is 0 Å². The number of carbonyl (C=O) groups is 1. The van der Waals surface area contributed by atoms with Gasteiger partial charge in [0.1, 0.15) is 0 Å². The van der Waals surface area contributed by atoms with E-state index in [2.05, 4.69) is 19.3 Å². The first-order valence-electron chi connectivity index (χ1n) is 5.33. The zero-order chi connectivity index (χ0) is 11.4. The molecule has 0 aromatic rings. The van der Waals surface area contributed by atoms with Gasteiger partial charge in [-0.15, -0.1) is 0 Å². The van der Waals surface area contributed by atoms with E-state index in [1.165, 1.54) is 0 Å². The minimum atomic E-state index is -0.0958. The highest BCUT2D eigenvalue weighted by atomic mass is 32.2. The Morgan fingerprint density at radius 1 is 1.60 bits per heavy atom. The monoisotopic (exact) mass is 232 g/mol. The number of ether oxygens (including phenoxy) is 1. The molecule has 1 heterocycles. The fourth-order valence-corrected chi connectivity index (χ4v) is 3.07. The van der Waals surface area contributed by atoms with Crippen molar-refractivity contribution in [2.45, 2.75) is 43.8 Å². The Morgan fingerprint density at radius 3 is 2.73 bits per heavy atom. The van der Waals surface area contributed by atoms with Crippen molar-refractivity contribution in [3.63, 3.8) is 0 Å². The molecule has 0 aromatic carbocycles. The van der Waals surface area contributed by atoms with Crippen LogP contribution in [0.4, 0.5) is 0 Å². The van der Waals surface area contributed by atoms with E-state index < -0.39 is 0 Å². The number of nitrogens with two attached hydrogens (primary N) is 1. The molecule has 3 N–H and O–H groups in total. The average Bonchev–Trinajstić information content (AvgIpc) is 2.62. The number of hydrazine groups is 1. The van der Waals surface area contributed by atoms with Gasteiger partial charge in [-0.25, -0.2) is 5.84 Å². The lowest BCUT2D eigenvalue weighted by molar-refractivity contribution is -0.124. The second-order valence-electron chi connectivity index (χ2n) is 4.04. The van der Waals surface area contributed by atoms with Gasteiger partial charge in [0.2, 0.25) is 5.91 Å². The van der Waals surface area contributed by atoms with Gasteiger partial charge in [0.25, 0.3) is 0 Å². The summed E-state index contributed by atoms with van der Waals surface area (Å²) < 4.78 is 5.49. The highest BCUT2D eigenvalue weighted by Crippen LogP contribution is 2.32. The summed E-state index contributed by atoms with van der Waals surface area (Å²) in [4.78, 5) is 11.3. The average molecular weight is 232 g/mol. The lowest BCUT2D eigenvalue weighted by Gasteiger charge is -2.22. The molecule has 4 atom stereocenters. The van der Waals surface area contributed by atoms with Crippen LogP contribution < -0.4 is 11.3 Å². The van der Waals surface area contributed by atoms with Crippen LogP contribution in [0.25, 0.3) is 0 Å². The largest absolute Gasteiger partial charge is 0.377 e. The van der Waals surface area contributed by atoms with E-state index in [1.54, 1.807) is 0 Å². The molecule has 0 aliphatic carbocycles. The van der Waals surface area contributed by atoms with E-state index in [1.807, 2.05) is 18.7 Å². The van der Waals surface area contributed by atoms with Crippen molar-refractivity contribution in [2.24, 2.45) is 11.8 Å². The highest BCUT2D eigenvalue weighted by molar-refractivity contribution is 8.00. The molecule has 0 radical (unpaired) electrons. The van der Waals surface area contributed by atoms with E-state index in [-0.39, 0.29) is 17.1 Å². The second kappa shape index (κ2) is 5.72. The van der Waals surface area contributed by atoms with Crippen molar-refractivity contribution < 1.29 is 9.53 Å². The second-order valence-corrected chi connectivity index (χ2v) is 5.66. The number of carbonyl (C=O) groups excluding carboxylic acids is 1. The molecule has 1 amide bonds. The van der Waals surface area contributed by atoms with Gasteiger partial charge in [-0.2, -0.15) is 11.8 Å². The minimum absolute atomic E-state index is 0.0622. The number of hydrogen-bond donors (Lipinski definition) is 2. The predicted molar refractivity (Wildman–Crippen MR) is 62.4 cm³/mol. The molecule has 88 valence electrons. The molecular formula is C10H20N2O2S. The third-order valence-corrected chi connectivity index (χ3v) is 4.76. The summed E-state index contributed by atoms with van der Waals surface area (Å²) in [5.41, 5.74) is 2.20. The summed E-state index contributed by atoms with van der Waals surface area (Å²) in [7, 11) is 0. The molecule has 1 rings (SSSR count). The summed E-state index contributed by atoms with van der Waals surface area (Å²) in [6, 6.07) is 0. The first-order chi connectivity index (χ1) is 7.06. The third-order valence-electron chi connectivity index (χ3n) is 2.96. The van der Waals surface area contributed by atoms with Crippen LogP contribution in [0.3, 0.4) is 0 Å². The maximum absolute atomic E-state index is 11.3. The van der Waals surface area contributed by atoms with E-state index in [4.69, 9.17) is 10.6 Å². The van der Waals surface area contributed by atoms with Gasteiger partial charge in [-0.1, -0.05) is 13.8 Å². The summed E-state index contributed by atoms with van der Waals surface area (Å²) >= 11 is 1.83. The molecule has 0 bridgehead atoms. The molecule has 4 nitrogen and oxygen atoms in total. The Balaban J connectivity index is 2.40. The fourth-order valence-electron chi connectivity index (χ4n) is 1.63. The van der Waals surface area contributed by atoms with Gasteiger partial charge in [-0.3, -0.25) is 10.2 Å².